The molecule has 2 aliphatic carbocycles. The highest BCUT2D eigenvalue weighted by molar-refractivity contribution is 5.67. The lowest BCUT2D eigenvalue weighted by atomic mass is 9.77. The highest BCUT2D eigenvalue weighted by Gasteiger charge is 2.42. The molecule has 14 heavy (non-hydrogen) atoms. The quantitative estimate of drug-likeness (QED) is 0.600. The van der Waals surface area contributed by atoms with Crippen LogP contribution in [0.15, 0.2) is 11.8 Å². The van der Waals surface area contributed by atoms with Crippen molar-refractivity contribution in [2.24, 2.45) is 17.3 Å². The molecule has 1 saturated carbocycles. The molecule has 2 heteroatoms. The molecule has 0 amide bonds. The Morgan fingerprint density at radius 1 is 1.64 bits per heavy atom. The van der Waals surface area contributed by atoms with E-state index in [2.05, 4.69) is 19.9 Å². The van der Waals surface area contributed by atoms with Gasteiger partial charge in [0, 0.05) is 12.8 Å². The Bertz CT molecular complexity index is 293. The van der Waals surface area contributed by atoms with E-state index in [1.165, 1.54) is 26.2 Å². The molecule has 0 aliphatic heterocycles. The van der Waals surface area contributed by atoms with Crippen molar-refractivity contribution < 1.29 is 9.53 Å². The average molecular weight is 194 g/mol. The van der Waals surface area contributed by atoms with Crippen LogP contribution in [0.25, 0.3) is 0 Å². The third kappa shape index (κ3) is 1.58. The number of hydrogen-bond donors (Lipinski definition) is 0. The highest BCUT2D eigenvalue weighted by Crippen LogP contribution is 2.52. The maximum absolute atomic E-state index is 10.9. The number of carbonyl (C=O) groups excluding carboxylic acids is 1. The first-order valence-electron chi connectivity index (χ1n) is 5.41. The van der Waals surface area contributed by atoms with Crippen LogP contribution in [0.1, 0.15) is 40.0 Å². The zero-order valence-corrected chi connectivity index (χ0v) is 9.17. The fourth-order valence-corrected chi connectivity index (χ4v) is 2.87. The molecule has 0 aromatic heterocycles. The first kappa shape index (κ1) is 9.75. The summed E-state index contributed by atoms with van der Waals surface area (Å²) in [6, 6.07) is 0. The summed E-state index contributed by atoms with van der Waals surface area (Å²) >= 11 is 0. The molecule has 0 radical (unpaired) electrons. The molecule has 0 spiro atoms. The van der Waals surface area contributed by atoms with Crippen LogP contribution in [0.5, 0.6) is 0 Å². The van der Waals surface area contributed by atoms with Gasteiger partial charge in [-0.1, -0.05) is 13.8 Å². The zero-order valence-electron chi connectivity index (χ0n) is 9.17. The van der Waals surface area contributed by atoms with E-state index in [9.17, 15) is 4.79 Å². The predicted octanol–water partition coefficient (Wildman–Crippen LogP) is 2.89. The van der Waals surface area contributed by atoms with Gasteiger partial charge in [0.2, 0.25) is 0 Å². The summed E-state index contributed by atoms with van der Waals surface area (Å²) in [4.78, 5) is 10.9. The minimum atomic E-state index is -0.187. The van der Waals surface area contributed by atoms with Crippen LogP contribution in [0.3, 0.4) is 0 Å². The summed E-state index contributed by atoms with van der Waals surface area (Å²) in [7, 11) is 0. The van der Waals surface area contributed by atoms with Crippen LogP contribution in [0, 0.1) is 17.3 Å². The summed E-state index contributed by atoms with van der Waals surface area (Å²) in [5.41, 5.74) is 0.294. The molecular weight excluding hydrogens is 176 g/mol. The van der Waals surface area contributed by atoms with Gasteiger partial charge in [0.25, 0.3) is 0 Å². The van der Waals surface area contributed by atoms with Crippen molar-refractivity contribution in [3.8, 4) is 0 Å². The summed E-state index contributed by atoms with van der Waals surface area (Å²) < 4.78 is 5.27. The number of hydrogen-bond acceptors (Lipinski definition) is 2. The highest BCUT2D eigenvalue weighted by atomic mass is 16.5. The number of fused-ring (bicyclic) bond motifs is 2. The predicted molar refractivity (Wildman–Crippen MR) is 54.5 cm³/mol. The van der Waals surface area contributed by atoms with Crippen LogP contribution in [0.2, 0.25) is 0 Å². The largest absolute Gasteiger partial charge is 0.431 e. The van der Waals surface area contributed by atoms with Crippen LogP contribution >= 0.6 is 0 Å². The number of ether oxygens (including phenoxy) is 1. The Morgan fingerprint density at radius 3 is 3.00 bits per heavy atom. The first-order valence-corrected chi connectivity index (χ1v) is 5.41. The Hall–Kier alpha value is -0.790. The van der Waals surface area contributed by atoms with Crippen molar-refractivity contribution in [3.05, 3.63) is 11.8 Å². The maximum atomic E-state index is 10.9. The molecule has 2 rings (SSSR count). The van der Waals surface area contributed by atoms with E-state index in [1.807, 2.05) is 0 Å². The third-order valence-electron chi connectivity index (χ3n) is 3.72. The summed E-state index contributed by atoms with van der Waals surface area (Å²) in [5.74, 6) is 1.87. The SMILES string of the molecule is CC(=O)OC1=CC2(C)CCC(C2)C1C. The molecule has 0 aromatic rings. The molecule has 0 saturated heterocycles. The van der Waals surface area contributed by atoms with Gasteiger partial charge in [-0.2, -0.15) is 0 Å². The molecule has 0 N–H and O–H groups in total. The molecule has 1 fully saturated rings. The fourth-order valence-electron chi connectivity index (χ4n) is 2.87. The Morgan fingerprint density at radius 2 is 2.36 bits per heavy atom. The first-order chi connectivity index (χ1) is 6.50. The topological polar surface area (TPSA) is 26.3 Å². The fraction of sp³-hybridized carbons (Fsp3) is 0.750. The van der Waals surface area contributed by atoms with Crippen molar-refractivity contribution in [3.63, 3.8) is 0 Å². The second-order valence-corrected chi connectivity index (χ2v) is 5.09. The van der Waals surface area contributed by atoms with E-state index in [-0.39, 0.29) is 5.97 Å². The zero-order chi connectivity index (χ0) is 10.3. The van der Waals surface area contributed by atoms with Gasteiger partial charge in [-0.3, -0.25) is 4.79 Å². The van der Waals surface area contributed by atoms with E-state index in [0.717, 1.165) is 11.7 Å². The minimum absolute atomic E-state index is 0.187. The lowest BCUT2D eigenvalue weighted by molar-refractivity contribution is -0.138. The average Bonchev–Trinajstić information content (AvgIpc) is 2.40. The second kappa shape index (κ2) is 3.11. The maximum Gasteiger partial charge on any atom is 0.307 e. The third-order valence-corrected chi connectivity index (χ3v) is 3.72. The summed E-state index contributed by atoms with van der Waals surface area (Å²) in [5, 5.41) is 0. The standard InChI is InChI=1S/C12H18O2/c1-8-10-4-5-12(3,6-10)7-11(8)14-9(2)13/h7-8,10H,4-6H2,1-3H3. The van der Waals surface area contributed by atoms with Crippen LogP contribution in [-0.4, -0.2) is 5.97 Å². The van der Waals surface area contributed by atoms with E-state index < -0.39 is 0 Å². The van der Waals surface area contributed by atoms with Gasteiger partial charge in [-0.15, -0.1) is 0 Å². The van der Waals surface area contributed by atoms with Crippen molar-refractivity contribution in [2.75, 3.05) is 0 Å². The lowest BCUT2D eigenvalue weighted by Gasteiger charge is -2.31. The summed E-state index contributed by atoms with van der Waals surface area (Å²) in [6.07, 6.45) is 5.97. The van der Waals surface area contributed by atoms with E-state index in [1.54, 1.807) is 0 Å². The molecule has 2 aliphatic rings. The van der Waals surface area contributed by atoms with E-state index in [0.29, 0.717) is 11.3 Å². The molecule has 3 unspecified atom stereocenters. The Kier molecular flexibility index (Phi) is 2.17. The number of esters is 1. The van der Waals surface area contributed by atoms with Gasteiger partial charge in [-0.25, -0.2) is 0 Å². The molecule has 0 aromatic carbocycles. The Labute approximate surface area is 85.3 Å². The smallest absolute Gasteiger partial charge is 0.307 e. The molecule has 2 bridgehead atoms. The van der Waals surface area contributed by atoms with Crippen molar-refractivity contribution in [1.29, 1.82) is 0 Å². The van der Waals surface area contributed by atoms with Crippen LogP contribution in [0.4, 0.5) is 0 Å². The normalized spacial score (nSPS) is 40.6. The van der Waals surface area contributed by atoms with Gasteiger partial charge in [0.05, 0.1) is 0 Å². The molecule has 78 valence electrons. The number of rotatable bonds is 1. The Balaban J connectivity index is 2.23. The van der Waals surface area contributed by atoms with Gasteiger partial charge in [-0.05, 0) is 36.7 Å². The van der Waals surface area contributed by atoms with Gasteiger partial charge in [0.15, 0.2) is 0 Å². The molecule has 0 heterocycles. The van der Waals surface area contributed by atoms with E-state index >= 15 is 0 Å². The minimum Gasteiger partial charge on any atom is -0.431 e. The molecule has 3 atom stereocenters. The van der Waals surface area contributed by atoms with Crippen molar-refractivity contribution in [1.82, 2.24) is 0 Å². The monoisotopic (exact) mass is 194 g/mol. The van der Waals surface area contributed by atoms with Crippen molar-refractivity contribution in [2.45, 2.75) is 40.0 Å². The second-order valence-electron chi connectivity index (χ2n) is 5.09. The van der Waals surface area contributed by atoms with Gasteiger partial charge >= 0.3 is 5.97 Å². The van der Waals surface area contributed by atoms with Crippen molar-refractivity contribution >= 4 is 5.97 Å². The van der Waals surface area contributed by atoms with Gasteiger partial charge in [0.1, 0.15) is 5.76 Å². The van der Waals surface area contributed by atoms with Gasteiger partial charge < -0.3 is 4.74 Å². The number of allylic oxidation sites excluding steroid dienone is 2. The summed E-state index contributed by atoms with van der Waals surface area (Å²) in [6.45, 7) is 5.92. The van der Waals surface area contributed by atoms with Crippen LogP contribution < -0.4 is 0 Å². The molecule has 2 nitrogen and oxygen atoms in total. The number of carbonyl (C=O) groups is 1. The lowest BCUT2D eigenvalue weighted by Crippen LogP contribution is -2.23. The molecular formula is C12H18O2. The van der Waals surface area contributed by atoms with E-state index in [4.69, 9.17) is 4.74 Å². The van der Waals surface area contributed by atoms with Crippen LogP contribution in [-0.2, 0) is 9.53 Å².